The highest BCUT2D eigenvalue weighted by Crippen LogP contribution is 2.21. The zero-order chi connectivity index (χ0) is 18.0. The van der Waals surface area contributed by atoms with E-state index >= 15 is 0 Å². The summed E-state index contributed by atoms with van der Waals surface area (Å²) in [5.41, 5.74) is 1.74. The van der Waals surface area contributed by atoms with Gasteiger partial charge in [-0.25, -0.2) is 0 Å². The maximum Gasteiger partial charge on any atom is 0.225 e. The van der Waals surface area contributed by atoms with Crippen LogP contribution >= 0.6 is 0 Å². The Morgan fingerprint density at radius 3 is 2.56 bits per heavy atom. The lowest BCUT2D eigenvalue weighted by atomic mass is 10.0. The van der Waals surface area contributed by atoms with Gasteiger partial charge in [0.05, 0.1) is 6.04 Å². The van der Waals surface area contributed by atoms with Crippen LogP contribution in [-0.4, -0.2) is 58.7 Å². The van der Waals surface area contributed by atoms with E-state index in [0.29, 0.717) is 6.54 Å². The third-order valence-electron chi connectivity index (χ3n) is 5.12. The molecule has 5 heteroatoms. The second kappa shape index (κ2) is 7.40. The molecule has 5 nitrogen and oxygen atoms in total. The summed E-state index contributed by atoms with van der Waals surface area (Å²) in [6.45, 7) is 8.92. The van der Waals surface area contributed by atoms with Crippen LogP contribution in [0.3, 0.4) is 0 Å². The highest BCUT2D eigenvalue weighted by molar-refractivity contribution is 6.10. The number of carbonyl (C=O) groups is 2. The van der Waals surface area contributed by atoms with Crippen LogP contribution in [0.2, 0.25) is 0 Å². The fraction of sp³-hybridized carbons (Fsp3) is 0.500. The van der Waals surface area contributed by atoms with Crippen LogP contribution < -0.4 is 0 Å². The molecule has 0 saturated carbocycles. The van der Waals surface area contributed by atoms with E-state index in [0.717, 1.165) is 42.5 Å². The number of benzene rings is 1. The van der Waals surface area contributed by atoms with Gasteiger partial charge in [0.2, 0.25) is 5.91 Å². The molecule has 1 fully saturated rings. The fourth-order valence-corrected chi connectivity index (χ4v) is 3.58. The largest absolute Gasteiger partial charge is 0.360 e. The number of hydrogen-bond donors (Lipinski definition) is 1. The minimum Gasteiger partial charge on any atom is -0.360 e. The predicted molar refractivity (Wildman–Crippen MR) is 99.7 cm³/mol. The zero-order valence-electron chi connectivity index (χ0n) is 15.3. The minimum absolute atomic E-state index is 0.0248. The van der Waals surface area contributed by atoms with Gasteiger partial charge in [-0.05, 0) is 19.4 Å². The molecule has 1 N–H and O–H groups in total. The number of ketones is 1. The first kappa shape index (κ1) is 17.7. The van der Waals surface area contributed by atoms with Crippen LogP contribution in [0.1, 0.15) is 37.6 Å². The summed E-state index contributed by atoms with van der Waals surface area (Å²) in [7, 11) is 0. The molecule has 134 valence electrons. The molecular weight excluding hydrogens is 314 g/mol. The summed E-state index contributed by atoms with van der Waals surface area (Å²) in [6.07, 6.45) is 2.72. The lowest BCUT2D eigenvalue weighted by Crippen LogP contribution is -2.42. The van der Waals surface area contributed by atoms with Crippen molar-refractivity contribution in [3.05, 3.63) is 36.0 Å². The van der Waals surface area contributed by atoms with Gasteiger partial charge in [0.25, 0.3) is 0 Å². The van der Waals surface area contributed by atoms with Crippen molar-refractivity contribution in [1.82, 2.24) is 14.8 Å². The molecule has 2 aromatic rings. The average molecular weight is 341 g/mol. The van der Waals surface area contributed by atoms with E-state index in [2.05, 4.69) is 9.88 Å². The number of aromatic amines is 1. The van der Waals surface area contributed by atoms with Crippen molar-refractivity contribution < 1.29 is 9.59 Å². The topological polar surface area (TPSA) is 56.4 Å². The van der Waals surface area contributed by atoms with Crippen LogP contribution in [0.15, 0.2) is 30.5 Å². The van der Waals surface area contributed by atoms with Gasteiger partial charge in [-0.2, -0.15) is 0 Å². The molecule has 2 heterocycles. The van der Waals surface area contributed by atoms with E-state index in [-0.39, 0.29) is 23.7 Å². The molecule has 3 rings (SSSR count). The first-order valence-electron chi connectivity index (χ1n) is 9.12. The Labute approximate surface area is 149 Å². The molecule has 1 saturated heterocycles. The van der Waals surface area contributed by atoms with Crippen LogP contribution in [0.25, 0.3) is 10.9 Å². The number of rotatable bonds is 4. The highest BCUT2D eigenvalue weighted by atomic mass is 16.2. The molecule has 0 radical (unpaired) electrons. The van der Waals surface area contributed by atoms with Crippen LogP contribution in [0, 0.1) is 5.92 Å². The molecule has 1 amide bonds. The normalized spacial score (nSPS) is 17.7. The highest BCUT2D eigenvalue weighted by Gasteiger charge is 2.28. The van der Waals surface area contributed by atoms with E-state index in [1.165, 1.54) is 0 Å². The number of Topliss-reactive ketones (excluding diaryl/α,β-unsaturated/α-hetero) is 1. The molecule has 1 unspecified atom stereocenters. The Kier molecular flexibility index (Phi) is 5.23. The lowest BCUT2D eigenvalue weighted by Gasteiger charge is -2.27. The van der Waals surface area contributed by atoms with E-state index in [1.807, 2.05) is 56.1 Å². The van der Waals surface area contributed by atoms with E-state index < -0.39 is 0 Å². The molecular formula is C20H27N3O2. The van der Waals surface area contributed by atoms with E-state index in [1.54, 1.807) is 0 Å². The Morgan fingerprint density at radius 2 is 1.80 bits per heavy atom. The zero-order valence-corrected chi connectivity index (χ0v) is 15.3. The molecule has 1 aromatic carbocycles. The summed E-state index contributed by atoms with van der Waals surface area (Å²) in [5, 5.41) is 0.978. The predicted octanol–water partition coefficient (Wildman–Crippen LogP) is 2.93. The second-order valence-electron chi connectivity index (χ2n) is 7.16. The molecule has 1 aliphatic rings. The SMILES string of the molecule is CC(C)C(=O)N1CCCN(C(C)C(=O)c2c[nH]c3ccccc23)CC1. The van der Waals surface area contributed by atoms with Gasteiger partial charge in [0.15, 0.2) is 5.78 Å². The Hall–Kier alpha value is -2.14. The van der Waals surface area contributed by atoms with Gasteiger partial charge in [-0.1, -0.05) is 32.0 Å². The summed E-state index contributed by atoms with van der Waals surface area (Å²) in [4.78, 5) is 32.6. The summed E-state index contributed by atoms with van der Waals surface area (Å²) < 4.78 is 0. The Morgan fingerprint density at radius 1 is 1.04 bits per heavy atom. The van der Waals surface area contributed by atoms with Crippen LogP contribution in [-0.2, 0) is 4.79 Å². The number of H-pyrrole nitrogens is 1. The van der Waals surface area contributed by atoms with Gasteiger partial charge in [-0.15, -0.1) is 0 Å². The van der Waals surface area contributed by atoms with E-state index in [4.69, 9.17) is 0 Å². The Bertz CT molecular complexity index is 765. The van der Waals surface area contributed by atoms with Gasteiger partial charge in [0, 0.05) is 54.8 Å². The maximum atomic E-state index is 13.0. The van der Waals surface area contributed by atoms with Crippen molar-refractivity contribution in [1.29, 1.82) is 0 Å². The molecule has 0 aliphatic carbocycles. The monoisotopic (exact) mass is 341 g/mol. The van der Waals surface area contributed by atoms with Crippen molar-refractivity contribution >= 4 is 22.6 Å². The smallest absolute Gasteiger partial charge is 0.225 e. The third-order valence-corrected chi connectivity index (χ3v) is 5.12. The minimum atomic E-state index is -0.187. The number of fused-ring (bicyclic) bond motifs is 1. The number of para-hydroxylation sites is 1. The number of aromatic nitrogens is 1. The van der Waals surface area contributed by atoms with Crippen LogP contribution in [0.4, 0.5) is 0 Å². The van der Waals surface area contributed by atoms with Crippen molar-refractivity contribution in [3.63, 3.8) is 0 Å². The van der Waals surface area contributed by atoms with Crippen molar-refractivity contribution in [2.24, 2.45) is 5.92 Å². The summed E-state index contributed by atoms with van der Waals surface area (Å²) >= 11 is 0. The second-order valence-corrected chi connectivity index (χ2v) is 7.16. The van der Waals surface area contributed by atoms with Gasteiger partial charge < -0.3 is 9.88 Å². The van der Waals surface area contributed by atoms with Gasteiger partial charge >= 0.3 is 0 Å². The van der Waals surface area contributed by atoms with E-state index in [9.17, 15) is 9.59 Å². The molecule has 1 aromatic heterocycles. The molecule has 1 atom stereocenters. The lowest BCUT2D eigenvalue weighted by molar-refractivity contribution is -0.134. The standard InChI is InChI=1S/C20H27N3O2/c1-14(2)20(25)23-10-6-9-22(11-12-23)15(3)19(24)17-13-21-18-8-5-4-7-16(17)18/h4-5,7-8,13-15,21H,6,9-12H2,1-3H3. The fourth-order valence-electron chi connectivity index (χ4n) is 3.58. The summed E-state index contributed by atoms with van der Waals surface area (Å²) in [6, 6.07) is 7.70. The van der Waals surface area contributed by atoms with Crippen LogP contribution in [0.5, 0.6) is 0 Å². The average Bonchev–Trinajstić information content (AvgIpc) is 2.89. The first-order valence-corrected chi connectivity index (χ1v) is 9.12. The quantitative estimate of drug-likeness (QED) is 0.870. The first-order chi connectivity index (χ1) is 12.0. The Balaban J connectivity index is 1.71. The molecule has 0 bridgehead atoms. The molecule has 1 aliphatic heterocycles. The molecule has 0 spiro atoms. The number of hydrogen-bond acceptors (Lipinski definition) is 3. The number of carbonyl (C=O) groups excluding carboxylic acids is 2. The third kappa shape index (κ3) is 3.61. The maximum absolute atomic E-state index is 13.0. The molecule has 25 heavy (non-hydrogen) atoms. The van der Waals surface area contributed by atoms with Crippen molar-refractivity contribution in [2.45, 2.75) is 33.2 Å². The number of nitrogens with zero attached hydrogens (tertiary/aromatic N) is 2. The van der Waals surface area contributed by atoms with Gasteiger partial charge in [0.1, 0.15) is 0 Å². The van der Waals surface area contributed by atoms with Gasteiger partial charge in [-0.3, -0.25) is 14.5 Å². The number of amides is 1. The van der Waals surface area contributed by atoms with Crippen molar-refractivity contribution in [2.75, 3.05) is 26.2 Å². The summed E-state index contributed by atoms with van der Waals surface area (Å²) in [5.74, 6) is 0.371. The number of nitrogens with one attached hydrogen (secondary N) is 1. The van der Waals surface area contributed by atoms with Crippen molar-refractivity contribution in [3.8, 4) is 0 Å².